The van der Waals surface area contributed by atoms with E-state index in [0.29, 0.717) is 18.1 Å². The standard InChI is InChI=1S/C16H19NO3/c1-12(18)13-6-7-15(16(11-13)19-2)20-10-8-14-5-3-4-9-17-14/h3-7,9,11-12,18H,8,10H2,1-2H3/t12-/m0/s1. The first-order valence-corrected chi connectivity index (χ1v) is 6.59. The van der Waals surface area contributed by atoms with Gasteiger partial charge in [-0.3, -0.25) is 4.98 Å². The van der Waals surface area contributed by atoms with E-state index >= 15 is 0 Å². The van der Waals surface area contributed by atoms with Crippen LogP contribution in [0.2, 0.25) is 0 Å². The molecule has 0 saturated carbocycles. The van der Waals surface area contributed by atoms with Gasteiger partial charge in [0.15, 0.2) is 11.5 Å². The van der Waals surface area contributed by atoms with Crippen LogP contribution < -0.4 is 9.47 Å². The summed E-state index contributed by atoms with van der Waals surface area (Å²) < 4.78 is 11.0. The minimum absolute atomic E-state index is 0.522. The lowest BCUT2D eigenvalue weighted by Gasteiger charge is -2.13. The molecule has 2 rings (SSSR count). The van der Waals surface area contributed by atoms with Gasteiger partial charge in [-0.05, 0) is 36.8 Å². The average Bonchev–Trinajstić information content (AvgIpc) is 2.48. The van der Waals surface area contributed by atoms with Gasteiger partial charge in [0.2, 0.25) is 0 Å². The van der Waals surface area contributed by atoms with Crippen molar-refractivity contribution >= 4 is 0 Å². The summed E-state index contributed by atoms with van der Waals surface area (Å²) in [5, 5.41) is 9.55. The summed E-state index contributed by atoms with van der Waals surface area (Å²) in [7, 11) is 1.59. The van der Waals surface area contributed by atoms with Crippen molar-refractivity contribution in [3.63, 3.8) is 0 Å². The van der Waals surface area contributed by atoms with E-state index in [1.807, 2.05) is 30.3 Å². The van der Waals surface area contributed by atoms with Crippen molar-refractivity contribution in [3.8, 4) is 11.5 Å². The Morgan fingerprint density at radius 3 is 2.70 bits per heavy atom. The summed E-state index contributed by atoms with van der Waals surface area (Å²) in [6.07, 6.45) is 1.99. The van der Waals surface area contributed by atoms with Gasteiger partial charge >= 0.3 is 0 Å². The molecule has 0 saturated heterocycles. The van der Waals surface area contributed by atoms with Gasteiger partial charge in [0.25, 0.3) is 0 Å². The van der Waals surface area contributed by atoms with E-state index < -0.39 is 6.10 Å². The molecule has 1 aromatic carbocycles. The van der Waals surface area contributed by atoms with Crippen LogP contribution in [0.1, 0.15) is 24.3 Å². The molecule has 20 heavy (non-hydrogen) atoms. The second-order valence-electron chi connectivity index (χ2n) is 4.51. The molecule has 0 radical (unpaired) electrons. The number of rotatable bonds is 6. The Labute approximate surface area is 119 Å². The molecule has 0 spiro atoms. The van der Waals surface area contributed by atoms with E-state index in [1.54, 1.807) is 26.3 Å². The van der Waals surface area contributed by atoms with Crippen molar-refractivity contribution in [3.05, 3.63) is 53.9 Å². The normalized spacial score (nSPS) is 11.9. The Kier molecular flexibility index (Phi) is 4.96. The van der Waals surface area contributed by atoms with Crippen LogP contribution in [0.4, 0.5) is 0 Å². The van der Waals surface area contributed by atoms with Crippen LogP contribution in [0, 0.1) is 0 Å². The summed E-state index contributed by atoms with van der Waals surface area (Å²) in [5.74, 6) is 1.30. The average molecular weight is 273 g/mol. The number of hydrogen-bond acceptors (Lipinski definition) is 4. The molecule has 0 bridgehead atoms. The van der Waals surface area contributed by atoms with Crippen molar-refractivity contribution in [1.29, 1.82) is 0 Å². The van der Waals surface area contributed by atoms with E-state index in [2.05, 4.69) is 4.98 Å². The second-order valence-corrected chi connectivity index (χ2v) is 4.51. The Morgan fingerprint density at radius 2 is 2.05 bits per heavy atom. The summed E-state index contributed by atoms with van der Waals surface area (Å²) in [6, 6.07) is 11.3. The molecule has 4 heteroatoms. The molecule has 0 unspecified atom stereocenters. The Bertz CT molecular complexity index is 541. The molecule has 1 N–H and O–H groups in total. The zero-order valence-corrected chi connectivity index (χ0v) is 11.7. The van der Waals surface area contributed by atoms with Crippen molar-refractivity contribution in [2.75, 3.05) is 13.7 Å². The molecule has 1 heterocycles. The number of ether oxygens (including phenoxy) is 2. The fraction of sp³-hybridized carbons (Fsp3) is 0.312. The topological polar surface area (TPSA) is 51.6 Å². The van der Waals surface area contributed by atoms with Crippen LogP contribution in [-0.4, -0.2) is 23.8 Å². The Balaban J connectivity index is 1.99. The minimum atomic E-state index is -0.522. The quantitative estimate of drug-likeness (QED) is 0.879. The van der Waals surface area contributed by atoms with Gasteiger partial charge in [-0.15, -0.1) is 0 Å². The Hall–Kier alpha value is -2.07. The lowest BCUT2D eigenvalue weighted by molar-refractivity contribution is 0.198. The Morgan fingerprint density at radius 1 is 1.20 bits per heavy atom. The van der Waals surface area contributed by atoms with Crippen LogP contribution >= 0.6 is 0 Å². The first-order chi connectivity index (χ1) is 9.70. The molecule has 0 aliphatic heterocycles. The van der Waals surface area contributed by atoms with Crippen molar-refractivity contribution < 1.29 is 14.6 Å². The van der Waals surface area contributed by atoms with Crippen molar-refractivity contribution in [2.24, 2.45) is 0 Å². The van der Waals surface area contributed by atoms with Gasteiger partial charge < -0.3 is 14.6 Å². The number of benzene rings is 1. The first-order valence-electron chi connectivity index (χ1n) is 6.59. The third-order valence-corrected chi connectivity index (χ3v) is 3.01. The maximum absolute atomic E-state index is 9.55. The van der Waals surface area contributed by atoms with E-state index in [-0.39, 0.29) is 0 Å². The molecular formula is C16H19NO3. The number of aliphatic hydroxyl groups excluding tert-OH is 1. The summed E-state index contributed by atoms with van der Waals surface area (Å²) >= 11 is 0. The maximum atomic E-state index is 9.55. The van der Waals surface area contributed by atoms with Gasteiger partial charge in [-0.25, -0.2) is 0 Å². The van der Waals surface area contributed by atoms with Crippen LogP contribution in [0.5, 0.6) is 11.5 Å². The highest BCUT2D eigenvalue weighted by Gasteiger charge is 2.08. The number of methoxy groups -OCH3 is 1. The SMILES string of the molecule is COc1cc([C@H](C)O)ccc1OCCc1ccccn1. The number of nitrogens with zero attached hydrogens (tertiary/aromatic N) is 1. The van der Waals surface area contributed by atoms with Crippen molar-refractivity contribution in [2.45, 2.75) is 19.4 Å². The molecule has 0 aliphatic carbocycles. The second kappa shape index (κ2) is 6.91. The highest BCUT2D eigenvalue weighted by atomic mass is 16.5. The van der Waals surface area contributed by atoms with Crippen LogP contribution in [0.25, 0.3) is 0 Å². The fourth-order valence-corrected chi connectivity index (χ4v) is 1.87. The zero-order valence-electron chi connectivity index (χ0n) is 11.7. The van der Waals surface area contributed by atoms with Crippen LogP contribution in [0.15, 0.2) is 42.6 Å². The summed E-state index contributed by atoms with van der Waals surface area (Å²) in [6.45, 7) is 2.25. The molecule has 1 atom stereocenters. The lowest BCUT2D eigenvalue weighted by atomic mass is 10.1. The van der Waals surface area contributed by atoms with Gasteiger partial charge in [-0.1, -0.05) is 12.1 Å². The van der Waals surface area contributed by atoms with E-state index in [1.165, 1.54) is 0 Å². The summed E-state index contributed by atoms with van der Waals surface area (Å²) in [5.41, 5.74) is 1.80. The largest absolute Gasteiger partial charge is 0.493 e. The highest BCUT2D eigenvalue weighted by molar-refractivity contribution is 5.43. The lowest BCUT2D eigenvalue weighted by Crippen LogP contribution is -2.04. The zero-order chi connectivity index (χ0) is 14.4. The number of pyridine rings is 1. The predicted molar refractivity (Wildman–Crippen MR) is 77.1 cm³/mol. The number of aromatic nitrogens is 1. The van der Waals surface area contributed by atoms with Crippen LogP contribution in [-0.2, 0) is 6.42 Å². The van der Waals surface area contributed by atoms with E-state index in [9.17, 15) is 5.11 Å². The monoisotopic (exact) mass is 273 g/mol. The predicted octanol–water partition coefficient (Wildman–Crippen LogP) is 2.77. The maximum Gasteiger partial charge on any atom is 0.161 e. The van der Waals surface area contributed by atoms with Crippen LogP contribution in [0.3, 0.4) is 0 Å². The highest BCUT2D eigenvalue weighted by Crippen LogP contribution is 2.30. The molecule has 2 aromatic rings. The van der Waals surface area contributed by atoms with Gasteiger partial charge in [-0.2, -0.15) is 0 Å². The molecule has 106 valence electrons. The smallest absolute Gasteiger partial charge is 0.161 e. The molecule has 0 aliphatic rings. The number of aliphatic hydroxyl groups is 1. The van der Waals surface area contributed by atoms with Gasteiger partial charge in [0.05, 0.1) is 19.8 Å². The van der Waals surface area contributed by atoms with Crippen molar-refractivity contribution in [1.82, 2.24) is 4.98 Å². The van der Waals surface area contributed by atoms with E-state index in [0.717, 1.165) is 17.7 Å². The number of hydrogen-bond donors (Lipinski definition) is 1. The van der Waals surface area contributed by atoms with Gasteiger partial charge in [0, 0.05) is 18.3 Å². The molecule has 0 amide bonds. The molecular weight excluding hydrogens is 254 g/mol. The van der Waals surface area contributed by atoms with Gasteiger partial charge in [0.1, 0.15) is 0 Å². The third kappa shape index (κ3) is 3.71. The minimum Gasteiger partial charge on any atom is -0.493 e. The molecule has 0 fully saturated rings. The summed E-state index contributed by atoms with van der Waals surface area (Å²) in [4.78, 5) is 4.25. The molecule has 1 aromatic heterocycles. The molecule has 4 nitrogen and oxygen atoms in total. The fourth-order valence-electron chi connectivity index (χ4n) is 1.87. The first kappa shape index (κ1) is 14.3. The third-order valence-electron chi connectivity index (χ3n) is 3.01. The van der Waals surface area contributed by atoms with E-state index in [4.69, 9.17) is 9.47 Å².